The topological polar surface area (TPSA) is 32.1 Å². The molecule has 0 aromatic carbocycles. The van der Waals surface area contributed by atoms with E-state index in [9.17, 15) is 0 Å². The zero-order chi connectivity index (χ0) is 6.69. The largest absolute Gasteiger partial charge is 0.353 e. The molecule has 0 amide bonds. The molecule has 1 saturated heterocycles. The Balaban J connectivity index is 2.24. The van der Waals surface area contributed by atoms with Crippen LogP contribution in [0.1, 0.15) is 19.8 Å². The predicted molar refractivity (Wildman–Crippen MR) is 37.1 cm³/mol. The number of nitrogens with one attached hydrogen (secondary N) is 1. The minimum absolute atomic E-state index is 0.799. The highest BCUT2D eigenvalue weighted by Crippen LogP contribution is 1.88. The zero-order valence-corrected chi connectivity index (χ0v) is 6.32. The monoisotopic (exact) mass is 130 g/mol. The molecular formula is C7H18N2+2. The van der Waals surface area contributed by atoms with Crippen molar-refractivity contribution in [2.24, 2.45) is 0 Å². The van der Waals surface area contributed by atoms with E-state index in [1.54, 1.807) is 4.90 Å². The summed E-state index contributed by atoms with van der Waals surface area (Å²) in [5.74, 6) is 0. The fraction of sp³-hybridized carbons (Fsp3) is 1.00. The molecule has 0 saturated carbocycles. The molecule has 4 N–H and O–H groups in total. The minimum Gasteiger partial charge on any atom is -0.353 e. The summed E-state index contributed by atoms with van der Waals surface area (Å²) >= 11 is 0. The Hall–Kier alpha value is -0.0800. The number of hydrogen-bond donors (Lipinski definition) is 2. The van der Waals surface area contributed by atoms with Gasteiger partial charge in [-0.1, -0.05) is 0 Å². The van der Waals surface area contributed by atoms with Crippen molar-refractivity contribution in [2.75, 3.05) is 19.6 Å². The summed E-state index contributed by atoms with van der Waals surface area (Å²) in [7, 11) is 0. The highest BCUT2D eigenvalue weighted by atomic mass is 15.2. The molecule has 1 rings (SSSR count). The van der Waals surface area contributed by atoms with Gasteiger partial charge in [-0.15, -0.1) is 0 Å². The van der Waals surface area contributed by atoms with Crippen molar-refractivity contribution >= 4 is 0 Å². The molecule has 2 heteroatoms. The zero-order valence-electron chi connectivity index (χ0n) is 6.32. The molecule has 1 fully saturated rings. The molecule has 1 atom stereocenters. The highest BCUT2D eigenvalue weighted by Gasteiger charge is 2.21. The van der Waals surface area contributed by atoms with E-state index in [0.29, 0.717) is 0 Å². The van der Waals surface area contributed by atoms with Crippen LogP contribution in [0.2, 0.25) is 0 Å². The Kier molecular flexibility index (Phi) is 2.49. The molecule has 2 nitrogen and oxygen atoms in total. The second-order valence-electron chi connectivity index (χ2n) is 3.06. The number of rotatable bonds is 2. The molecule has 0 aliphatic carbocycles. The Morgan fingerprint density at radius 1 is 1.44 bits per heavy atom. The fourth-order valence-electron chi connectivity index (χ4n) is 1.53. The molecule has 0 unspecified atom stereocenters. The SMILES string of the molecule is C[C@H](C[NH3+])[NH+]1CCCC1. The summed E-state index contributed by atoms with van der Waals surface area (Å²) in [6.07, 6.45) is 2.86. The normalized spacial score (nSPS) is 24.7. The average molecular weight is 130 g/mol. The smallest absolute Gasteiger partial charge is 0.134 e. The van der Waals surface area contributed by atoms with E-state index in [1.165, 1.54) is 25.9 Å². The van der Waals surface area contributed by atoms with Crippen LogP contribution in [0.4, 0.5) is 0 Å². The van der Waals surface area contributed by atoms with Gasteiger partial charge in [-0.2, -0.15) is 0 Å². The summed E-state index contributed by atoms with van der Waals surface area (Å²) < 4.78 is 0. The maximum absolute atomic E-state index is 3.91. The first-order chi connectivity index (χ1) is 4.34. The molecule has 0 radical (unpaired) electrons. The maximum atomic E-state index is 3.91. The number of hydrogen-bond acceptors (Lipinski definition) is 0. The molecule has 1 aliphatic heterocycles. The van der Waals surface area contributed by atoms with Gasteiger partial charge in [-0.3, -0.25) is 0 Å². The lowest BCUT2D eigenvalue weighted by Gasteiger charge is -2.16. The van der Waals surface area contributed by atoms with Crippen molar-refractivity contribution in [3.63, 3.8) is 0 Å². The Morgan fingerprint density at radius 3 is 2.44 bits per heavy atom. The molecule has 1 heterocycles. The summed E-state index contributed by atoms with van der Waals surface area (Å²) in [6, 6.07) is 0.799. The third-order valence-electron chi connectivity index (χ3n) is 2.38. The van der Waals surface area contributed by atoms with E-state index >= 15 is 0 Å². The lowest BCUT2D eigenvalue weighted by Crippen LogP contribution is -3.15. The van der Waals surface area contributed by atoms with E-state index in [4.69, 9.17) is 0 Å². The number of likely N-dealkylation sites (tertiary alicyclic amines) is 1. The molecular weight excluding hydrogens is 112 g/mol. The van der Waals surface area contributed by atoms with Crippen LogP contribution in [-0.4, -0.2) is 25.7 Å². The van der Waals surface area contributed by atoms with Crippen molar-refractivity contribution in [3.05, 3.63) is 0 Å². The van der Waals surface area contributed by atoms with Gasteiger partial charge in [0.15, 0.2) is 0 Å². The van der Waals surface area contributed by atoms with Crippen molar-refractivity contribution in [1.82, 2.24) is 0 Å². The summed E-state index contributed by atoms with van der Waals surface area (Å²) in [4.78, 5) is 1.77. The second kappa shape index (κ2) is 3.18. The molecule has 1 aliphatic rings. The minimum atomic E-state index is 0.799. The highest BCUT2D eigenvalue weighted by molar-refractivity contribution is 4.49. The van der Waals surface area contributed by atoms with Crippen LogP contribution < -0.4 is 10.6 Å². The van der Waals surface area contributed by atoms with Crippen LogP contribution in [0.3, 0.4) is 0 Å². The van der Waals surface area contributed by atoms with Crippen molar-refractivity contribution in [2.45, 2.75) is 25.8 Å². The van der Waals surface area contributed by atoms with Crippen LogP contribution in [0.25, 0.3) is 0 Å². The Bertz CT molecular complexity index is 77.0. The van der Waals surface area contributed by atoms with Gasteiger partial charge in [0, 0.05) is 12.8 Å². The first-order valence-corrected chi connectivity index (χ1v) is 3.98. The number of quaternary nitrogens is 2. The molecule has 54 valence electrons. The Morgan fingerprint density at radius 2 is 2.00 bits per heavy atom. The van der Waals surface area contributed by atoms with Gasteiger partial charge < -0.3 is 10.6 Å². The summed E-state index contributed by atoms with van der Waals surface area (Å²) in [5, 5.41) is 0. The van der Waals surface area contributed by atoms with Gasteiger partial charge in [0.05, 0.1) is 13.1 Å². The lowest BCUT2D eigenvalue weighted by molar-refractivity contribution is -0.917. The molecule has 0 bridgehead atoms. The molecule has 0 spiro atoms. The van der Waals surface area contributed by atoms with E-state index in [1.807, 2.05) is 0 Å². The maximum Gasteiger partial charge on any atom is 0.134 e. The Labute approximate surface area is 57.0 Å². The van der Waals surface area contributed by atoms with Gasteiger partial charge in [-0.05, 0) is 6.92 Å². The average Bonchev–Trinajstić information content (AvgIpc) is 2.37. The van der Waals surface area contributed by atoms with Crippen LogP contribution in [0.5, 0.6) is 0 Å². The predicted octanol–water partition coefficient (Wildman–Crippen LogP) is -1.70. The van der Waals surface area contributed by atoms with E-state index in [2.05, 4.69) is 12.7 Å². The van der Waals surface area contributed by atoms with Crippen molar-refractivity contribution in [1.29, 1.82) is 0 Å². The molecule has 9 heavy (non-hydrogen) atoms. The van der Waals surface area contributed by atoms with Gasteiger partial charge in [0.1, 0.15) is 12.6 Å². The van der Waals surface area contributed by atoms with Crippen molar-refractivity contribution < 1.29 is 10.6 Å². The van der Waals surface area contributed by atoms with Gasteiger partial charge in [0.25, 0.3) is 0 Å². The first-order valence-electron chi connectivity index (χ1n) is 3.98. The fourth-order valence-corrected chi connectivity index (χ4v) is 1.53. The van der Waals surface area contributed by atoms with E-state index in [0.717, 1.165) is 12.6 Å². The van der Waals surface area contributed by atoms with Crippen LogP contribution >= 0.6 is 0 Å². The molecule has 0 aromatic rings. The summed E-state index contributed by atoms with van der Waals surface area (Å²) in [5.41, 5.74) is 3.91. The third-order valence-corrected chi connectivity index (χ3v) is 2.38. The van der Waals surface area contributed by atoms with E-state index < -0.39 is 0 Å². The van der Waals surface area contributed by atoms with Crippen LogP contribution in [-0.2, 0) is 0 Å². The summed E-state index contributed by atoms with van der Waals surface area (Å²) in [6.45, 7) is 6.16. The van der Waals surface area contributed by atoms with Gasteiger partial charge >= 0.3 is 0 Å². The van der Waals surface area contributed by atoms with Crippen molar-refractivity contribution in [3.8, 4) is 0 Å². The van der Waals surface area contributed by atoms with Crippen LogP contribution in [0, 0.1) is 0 Å². The quantitative estimate of drug-likeness (QED) is 0.446. The van der Waals surface area contributed by atoms with Gasteiger partial charge in [-0.25, -0.2) is 0 Å². The van der Waals surface area contributed by atoms with Gasteiger partial charge in [0.2, 0.25) is 0 Å². The van der Waals surface area contributed by atoms with E-state index in [-0.39, 0.29) is 0 Å². The standard InChI is InChI=1S/C7H16N2/c1-7(6-8)9-4-2-3-5-9/h7H,2-6,8H2,1H3/p+2/t7-/m1/s1. The third kappa shape index (κ3) is 1.66. The second-order valence-corrected chi connectivity index (χ2v) is 3.06. The molecule has 0 aromatic heterocycles. The van der Waals surface area contributed by atoms with Crippen LogP contribution in [0.15, 0.2) is 0 Å². The lowest BCUT2D eigenvalue weighted by atomic mass is 10.3. The first kappa shape index (κ1) is 7.03.